The van der Waals surface area contributed by atoms with Gasteiger partial charge in [0.25, 0.3) is 0 Å². The Hall–Kier alpha value is -3.47. The molecule has 0 saturated heterocycles. The lowest BCUT2D eigenvalue weighted by Gasteiger charge is -2.29. The van der Waals surface area contributed by atoms with Gasteiger partial charge in [0, 0.05) is 16.4 Å². The summed E-state index contributed by atoms with van der Waals surface area (Å²) in [6.45, 7) is 9.26. The third kappa shape index (κ3) is 6.36. The average molecular weight is 508 g/mol. The number of thioether (sulfide) groups is 1. The maximum atomic E-state index is 12.9. The standard InChI is InChI=1S/C27H26ClN3O3S/c1-5-12-34-27(33)24-18(4)30-26(21(14-29)25(24)19-9-6-16(2)7-10-19)35-15-23(32)31-22-13-20(28)11-8-17(22)3/h5-11,13,25,30H,1,12,15H2,2-4H3,(H,31,32). The van der Waals surface area contributed by atoms with Crippen molar-refractivity contribution in [2.75, 3.05) is 17.7 Å². The van der Waals surface area contributed by atoms with E-state index in [1.54, 1.807) is 19.1 Å². The number of dihydropyridines is 1. The molecular weight excluding hydrogens is 482 g/mol. The second-order valence-electron chi connectivity index (χ2n) is 8.05. The molecule has 3 rings (SSSR count). The fourth-order valence-electron chi connectivity index (χ4n) is 3.65. The zero-order valence-corrected chi connectivity index (χ0v) is 21.3. The highest BCUT2D eigenvalue weighted by molar-refractivity contribution is 8.03. The molecule has 0 spiro atoms. The van der Waals surface area contributed by atoms with Gasteiger partial charge in [-0.2, -0.15) is 5.26 Å². The van der Waals surface area contributed by atoms with Gasteiger partial charge < -0.3 is 15.4 Å². The molecule has 0 radical (unpaired) electrons. The van der Waals surface area contributed by atoms with E-state index in [0.717, 1.165) is 16.7 Å². The predicted octanol–water partition coefficient (Wildman–Crippen LogP) is 5.75. The topological polar surface area (TPSA) is 91.2 Å². The van der Waals surface area contributed by atoms with Crippen LogP contribution in [0.15, 0.2) is 77.0 Å². The number of ether oxygens (including phenoxy) is 1. The minimum Gasteiger partial charge on any atom is -0.458 e. The minimum absolute atomic E-state index is 0.0591. The number of hydrogen-bond donors (Lipinski definition) is 2. The van der Waals surface area contributed by atoms with Crippen LogP contribution in [0, 0.1) is 25.2 Å². The van der Waals surface area contributed by atoms with Crippen molar-refractivity contribution >= 4 is 40.9 Å². The fourth-order valence-corrected chi connectivity index (χ4v) is 4.72. The molecule has 1 atom stereocenters. The van der Waals surface area contributed by atoms with Crippen LogP contribution in [-0.2, 0) is 14.3 Å². The number of anilines is 1. The van der Waals surface area contributed by atoms with Crippen LogP contribution >= 0.6 is 23.4 Å². The molecule has 2 N–H and O–H groups in total. The van der Waals surface area contributed by atoms with Crippen molar-refractivity contribution in [3.63, 3.8) is 0 Å². The summed E-state index contributed by atoms with van der Waals surface area (Å²) in [5, 5.41) is 17.2. The molecule has 180 valence electrons. The Bertz CT molecular complexity index is 1260. The van der Waals surface area contributed by atoms with E-state index in [4.69, 9.17) is 16.3 Å². The molecule has 1 heterocycles. The number of aryl methyl sites for hydroxylation is 2. The van der Waals surface area contributed by atoms with Gasteiger partial charge in [-0.15, -0.1) is 0 Å². The number of nitrogens with zero attached hydrogens (tertiary/aromatic N) is 1. The number of carbonyl (C=O) groups is 2. The van der Waals surface area contributed by atoms with Gasteiger partial charge in [-0.3, -0.25) is 4.79 Å². The van der Waals surface area contributed by atoms with Crippen molar-refractivity contribution in [1.29, 1.82) is 5.26 Å². The Balaban J connectivity index is 1.90. The highest BCUT2D eigenvalue weighted by atomic mass is 35.5. The van der Waals surface area contributed by atoms with Gasteiger partial charge in [-0.05, 0) is 44.0 Å². The zero-order chi connectivity index (χ0) is 25.5. The Labute approximate surface area is 214 Å². The lowest BCUT2D eigenvalue weighted by Crippen LogP contribution is -2.29. The minimum atomic E-state index is -0.625. The van der Waals surface area contributed by atoms with E-state index in [1.165, 1.54) is 17.8 Å². The third-order valence-electron chi connectivity index (χ3n) is 5.43. The van der Waals surface area contributed by atoms with Gasteiger partial charge in [0.1, 0.15) is 6.61 Å². The molecule has 35 heavy (non-hydrogen) atoms. The molecule has 8 heteroatoms. The Morgan fingerprint density at radius 1 is 1.23 bits per heavy atom. The van der Waals surface area contributed by atoms with E-state index >= 15 is 0 Å². The predicted molar refractivity (Wildman–Crippen MR) is 141 cm³/mol. The van der Waals surface area contributed by atoms with Gasteiger partial charge in [-0.1, -0.05) is 71.9 Å². The van der Waals surface area contributed by atoms with Gasteiger partial charge in [0.2, 0.25) is 5.91 Å². The van der Waals surface area contributed by atoms with E-state index in [9.17, 15) is 14.9 Å². The Kier molecular flexibility index (Phi) is 8.80. The molecule has 1 unspecified atom stereocenters. The van der Waals surface area contributed by atoms with Crippen molar-refractivity contribution < 1.29 is 14.3 Å². The Morgan fingerprint density at radius 3 is 2.60 bits per heavy atom. The fraction of sp³-hybridized carbons (Fsp3) is 0.222. The van der Waals surface area contributed by atoms with E-state index in [0.29, 0.717) is 32.6 Å². The lowest BCUT2D eigenvalue weighted by atomic mass is 9.82. The second kappa shape index (κ2) is 11.8. The highest BCUT2D eigenvalue weighted by Crippen LogP contribution is 2.41. The first-order chi connectivity index (χ1) is 16.7. The monoisotopic (exact) mass is 507 g/mol. The summed E-state index contributed by atoms with van der Waals surface area (Å²) in [7, 11) is 0. The molecule has 1 amide bonds. The zero-order valence-electron chi connectivity index (χ0n) is 19.8. The maximum absolute atomic E-state index is 12.9. The quantitative estimate of drug-likeness (QED) is 0.349. The molecule has 0 bridgehead atoms. The van der Waals surface area contributed by atoms with Gasteiger partial charge in [0.05, 0.1) is 33.9 Å². The normalized spacial score (nSPS) is 15.2. The van der Waals surface area contributed by atoms with Crippen LogP contribution in [0.4, 0.5) is 5.69 Å². The van der Waals surface area contributed by atoms with Crippen LogP contribution in [0.5, 0.6) is 0 Å². The summed E-state index contributed by atoms with van der Waals surface area (Å²) in [5.41, 5.74) is 4.64. The molecular formula is C27H26ClN3O3S. The third-order valence-corrected chi connectivity index (χ3v) is 6.68. The van der Waals surface area contributed by atoms with Gasteiger partial charge >= 0.3 is 5.97 Å². The summed E-state index contributed by atoms with van der Waals surface area (Å²) in [4.78, 5) is 25.6. The lowest BCUT2D eigenvalue weighted by molar-refractivity contribution is -0.138. The number of hydrogen-bond acceptors (Lipinski definition) is 6. The van der Waals surface area contributed by atoms with Crippen molar-refractivity contribution in [1.82, 2.24) is 5.32 Å². The summed E-state index contributed by atoms with van der Waals surface area (Å²) in [5.74, 6) is -1.33. The van der Waals surface area contributed by atoms with Crippen molar-refractivity contribution in [2.24, 2.45) is 0 Å². The smallest absolute Gasteiger partial charge is 0.337 e. The number of esters is 1. The molecule has 1 aliphatic heterocycles. The molecule has 2 aromatic rings. The number of rotatable bonds is 8. The number of carbonyl (C=O) groups excluding carboxylic acids is 2. The first kappa shape index (κ1) is 26.1. The molecule has 2 aromatic carbocycles. The van der Waals surface area contributed by atoms with E-state index < -0.39 is 11.9 Å². The SMILES string of the molecule is C=CCOC(=O)C1=C(C)NC(SCC(=O)Nc2cc(Cl)ccc2C)=C(C#N)C1c1ccc(C)cc1. The number of amides is 1. The van der Waals surface area contributed by atoms with Crippen LogP contribution in [0.1, 0.15) is 29.5 Å². The number of allylic oxidation sites excluding steroid dienone is 2. The number of benzene rings is 2. The second-order valence-corrected chi connectivity index (χ2v) is 9.47. The highest BCUT2D eigenvalue weighted by Gasteiger charge is 2.35. The largest absolute Gasteiger partial charge is 0.458 e. The molecule has 6 nitrogen and oxygen atoms in total. The molecule has 1 aliphatic rings. The van der Waals surface area contributed by atoms with Gasteiger partial charge in [-0.25, -0.2) is 4.79 Å². The first-order valence-corrected chi connectivity index (χ1v) is 12.3. The van der Waals surface area contributed by atoms with Gasteiger partial charge in [0.15, 0.2) is 0 Å². The summed E-state index contributed by atoms with van der Waals surface area (Å²) < 4.78 is 5.32. The maximum Gasteiger partial charge on any atom is 0.337 e. The summed E-state index contributed by atoms with van der Waals surface area (Å²) >= 11 is 7.25. The number of nitrogens with one attached hydrogen (secondary N) is 2. The van der Waals surface area contributed by atoms with E-state index in [1.807, 2.05) is 44.2 Å². The van der Waals surface area contributed by atoms with Crippen molar-refractivity contribution in [3.8, 4) is 6.07 Å². The molecule has 0 saturated carbocycles. The number of halogens is 1. The van der Waals surface area contributed by atoms with Crippen molar-refractivity contribution in [3.05, 3.63) is 98.7 Å². The van der Waals surface area contributed by atoms with Crippen molar-refractivity contribution in [2.45, 2.75) is 26.7 Å². The van der Waals surface area contributed by atoms with Crippen LogP contribution in [0.25, 0.3) is 0 Å². The molecule has 0 aromatic heterocycles. The van der Waals surface area contributed by atoms with Crippen LogP contribution in [0.2, 0.25) is 5.02 Å². The Morgan fingerprint density at radius 2 is 1.94 bits per heavy atom. The van der Waals surface area contributed by atoms with E-state index in [2.05, 4.69) is 23.3 Å². The van der Waals surface area contributed by atoms with Crippen LogP contribution in [-0.4, -0.2) is 24.2 Å². The first-order valence-electron chi connectivity index (χ1n) is 10.9. The summed E-state index contributed by atoms with van der Waals surface area (Å²) in [6, 6.07) is 15.2. The van der Waals surface area contributed by atoms with Crippen LogP contribution < -0.4 is 10.6 Å². The summed E-state index contributed by atoms with van der Waals surface area (Å²) in [6.07, 6.45) is 1.49. The molecule has 0 fully saturated rings. The average Bonchev–Trinajstić information content (AvgIpc) is 2.83. The van der Waals surface area contributed by atoms with Crippen LogP contribution in [0.3, 0.4) is 0 Å². The molecule has 0 aliphatic carbocycles. The number of nitriles is 1. The van der Waals surface area contributed by atoms with E-state index in [-0.39, 0.29) is 18.3 Å².